The minimum Gasteiger partial charge on any atom is -0.467 e. The van der Waals surface area contributed by atoms with Gasteiger partial charge in [0.1, 0.15) is 19.3 Å². The van der Waals surface area contributed by atoms with Crippen LogP contribution in [0, 0.1) is 5.92 Å². The van der Waals surface area contributed by atoms with Crippen molar-refractivity contribution in [2.45, 2.75) is 39.0 Å². The van der Waals surface area contributed by atoms with E-state index in [4.69, 9.17) is 14.2 Å². The van der Waals surface area contributed by atoms with Gasteiger partial charge in [0.2, 0.25) is 17.8 Å². The molecule has 206 valence electrons. The van der Waals surface area contributed by atoms with E-state index in [1.165, 1.54) is 14.0 Å². The number of nitrogens with zero attached hydrogens (tertiary/aromatic N) is 2. The summed E-state index contributed by atoms with van der Waals surface area (Å²) in [5.41, 5.74) is 1.53. The van der Waals surface area contributed by atoms with Gasteiger partial charge in [-0.05, 0) is 24.0 Å². The molecule has 0 saturated carbocycles. The molecule has 1 aliphatic rings. The molecule has 0 spiro atoms. The summed E-state index contributed by atoms with van der Waals surface area (Å²) in [7, 11) is 1.18. The van der Waals surface area contributed by atoms with E-state index in [9.17, 15) is 24.0 Å². The highest BCUT2D eigenvalue weighted by Gasteiger charge is 2.53. The van der Waals surface area contributed by atoms with E-state index in [0.29, 0.717) is 6.42 Å². The van der Waals surface area contributed by atoms with Gasteiger partial charge in [0.25, 0.3) is 0 Å². The summed E-state index contributed by atoms with van der Waals surface area (Å²) >= 11 is 0. The number of aliphatic imine (C=N–C) groups is 1. The summed E-state index contributed by atoms with van der Waals surface area (Å²) in [4.78, 5) is 65.4. The van der Waals surface area contributed by atoms with E-state index in [1.54, 1.807) is 48.5 Å². The monoisotopic (exact) mass is 538 g/mol. The van der Waals surface area contributed by atoms with Gasteiger partial charge >= 0.3 is 18.2 Å². The Kier molecular flexibility index (Phi) is 10.5. The molecule has 2 aromatic rings. The van der Waals surface area contributed by atoms with Crippen molar-refractivity contribution in [3.05, 3.63) is 71.8 Å². The molecule has 0 bridgehead atoms. The number of imide groups is 1. The predicted octanol–water partition coefficient (Wildman–Crippen LogP) is 2.52. The molecule has 1 saturated heterocycles. The van der Waals surface area contributed by atoms with Gasteiger partial charge < -0.3 is 19.5 Å². The number of benzene rings is 2. The van der Waals surface area contributed by atoms with Crippen molar-refractivity contribution in [1.82, 2.24) is 15.5 Å². The summed E-state index contributed by atoms with van der Waals surface area (Å²) < 4.78 is 15.1. The van der Waals surface area contributed by atoms with Crippen molar-refractivity contribution < 1.29 is 38.2 Å². The molecule has 12 nitrogen and oxygen atoms in total. The van der Waals surface area contributed by atoms with E-state index in [2.05, 4.69) is 15.6 Å². The lowest BCUT2D eigenvalue weighted by Crippen LogP contribution is -2.66. The minimum absolute atomic E-state index is 0.00373. The molecular weight excluding hydrogens is 508 g/mol. The number of esters is 1. The molecule has 0 radical (unpaired) electrons. The number of ether oxygens (including phenoxy) is 3. The Bertz CT molecular complexity index is 1200. The second kappa shape index (κ2) is 14.3. The van der Waals surface area contributed by atoms with Crippen LogP contribution in [0.4, 0.5) is 9.59 Å². The molecule has 0 aliphatic carbocycles. The van der Waals surface area contributed by atoms with Crippen LogP contribution in [0.5, 0.6) is 0 Å². The summed E-state index contributed by atoms with van der Waals surface area (Å²) in [5, 5.41) is 5.20. The first-order valence-corrected chi connectivity index (χ1v) is 12.2. The van der Waals surface area contributed by atoms with Crippen LogP contribution in [0.15, 0.2) is 65.7 Å². The van der Waals surface area contributed by atoms with E-state index in [1.807, 2.05) is 12.1 Å². The fourth-order valence-corrected chi connectivity index (χ4v) is 3.91. The average molecular weight is 539 g/mol. The van der Waals surface area contributed by atoms with Crippen LogP contribution in [0.2, 0.25) is 0 Å². The first-order chi connectivity index (χ1) is 18.8. The van der Waals surface area contributed by atoms with Gasteiger partial charge in [-0.15, -0.1) is 4.99 Å². The molecule has 0 unspecified atom stereocenters. The van der Waals surface area contributed by atoms with Crippen molar-refractivity contribution in [1.29, 1.82) is 0 Å². The zero-order valence-electron chi connectivity index (χ0n) is 21.6. The van der Waals surface area contributed by atoms with Crippen LogP contribution in [-0.2, 0) is 41.8 Å². The standard InChI is InChI=1S/C27H30N4O8/c1-18(32)31-22(24(34)37-2)21(23(31)33)14-9-15-28-25(29-26(35)38-16-19-10-5-3-6-11-19)30-27(36)39-17-20-12-7-4-8-13-20/h3-8,10-13,21-22H,9,14-17H2,1-2H3,(H2,28,29,30,35,36)/t21-,22+/m0/s1. The fourth-order valence-electron chi connectivity index (χ4n) is 3.91. The van der Waals surface area contributed by atoms with Crippen LogP contribution in [-0.4, -0.2) is 60.5 Å². The third-order valence-corrected chi connectivity index (χ3v) is 5.82. The molecule has 12 heteroatoms. The first-order valence-electron chi connectivity index (χ1n) is 12.2. The summed E-state index contributed by atoms with van der Waals surface area (Å²) in [6, 6.07) is 17.1. The lowest BCUT2D eigenvalue weighted by atomic mass is 9.83. The predicted molar refractivity (Wildman–Crippen MR) is 138 cm³/mol. The van der Waals surface area contributed by atoms with Crippen molar-refractivity contribution >= 4 is 35.9 Å². The van der Waals surface area contributed by atoms with Crippen molar-refractivity contribution in [3.8, 4) is 0 Å². The van der Waals surface area contributed by atoms with Crippen molar-refractivity contribution in [3.63, 3.8) is 0 Å². The van der Waals surface area contributed by atoms with Gasteiger partial charge in [-0.25, -0.2) is 14.4 Å². The molecule has 4 amide bonds. The summed E-state index contributed by atoms with van der Waals surface area (Å²) in [5.74, 6) is -2.59. The van der Waals surface area contributed by atoms with Gasteiger partial charge in [0.05, 0.1) is 13.0 Å². The molecule has 39 heavy (non-hydrogen) atoms. The number of carbonyl (C=O) groups is 5. The second-order valence-corrected chi connectivity index (χ2v) is 8.56. The van der Waals surface area contributed by atoms with E-state index < -0.39 is 41.9 Å². The lowest BCUT2D eigenvalue weighted by molar-refractivity contribution is -0.178. The topological polar surface area (TPSA) is 153 Å². The van der Waals surface area contributed by atoms with Crippen LogP contribution in [0.3, 0.4) is 0 Å². The van der Waals surface area contributed by atoms with E-state index >= 15 is 0 Å². The second-order valence-electron chi connectivity index (χ2n) is 8.56. The Hall–Kier alpha value is -4.74. The minimum atomic E-state index is -0.979. The Labute approximate surface area is 225 Å². The smallest absolute Gasteiger partial charge is 0.437 e. The highest BCUT2D eigenvalue weighted by atomic mass is 16.6. The Balaban J connectivity index is 1.57. The maximum Gasteiger partial charge on any atom is 0.437 e. The Morgan fingerprint density at radius 2 is 1.51 bits per heavy atom. The molecule has 0 aromatic heterocycles. The Morgan fingerprint density at radius 1 is 0.923 bits per heavy atom. The number of guanidine groups is 1. The third kappa shape index (κ3) is 8.38. The van der Waals surface area contributed by atoms with E-state index in [-0.39, 0.29) is 32.1 Å². The number of hydrogen-bond donors (Lipinski definition) is 2. The fraction of sp³-hybridized carbons (Fsp3) is 0.333. The lowest BCUT2D eigenvalue weighted by Gasteiger charge is -2.43. The summed E-state index contributed by atoms with van der Waals surface area (Å²) in [6.07, 6.45) is -1.20. The quantitative estimate of drug-likeness (QED) is 0.122. The number of likely N-dealkylation sites (tertiary alicyclic amines) is 1. The highest BCUT2D eigenvalue weighted by Crippen LogP contribution is 2.31. The number of rotatable bonds is 9. The highest BCUT2D eigenvalue weighted by molar-refractivity contribution is 6.07. The number of amides is 4. The van der Waals surface area contributed by atoms with Gasteiger partial charge in [-0.3, -0.25) is 19.8 Å². The van der Waals surface area contributed by atoms with Crippen LogP contribution >= 0.6 is 0 Å². The van der Waals surface area contributed by atoms with Crippen molar-refractivity contribution in [2.24, 2.45) is 10.9 Å². The number of alkyl carbamates (subject to hydrolysis) is 1. The van der Waals surface area contributed by atoms with Gasteiger partial charge in [0, 0.05) is 13.5 Å². The average Bonchev–Trinajstić information content (AvgIpc) is 2.93. The SMILES string of the molecule is COC(=O)[C@H]1[C@H](CCCNC(=NC(=O)OCc2ccccc2)NC(=O)OCc2ccccc2)C(=O)N1C(C)=O. The van der Waals surface area contributed by atoms with Crippen LogP contribution in [0.25, 0.3) is 0 Å². The molecule has 1 fully saturated rings. The molecule has 1 heterocycles. The molecule has 2 N–H and O–H groups in total. The zero-order valence-corrected chi connectivity index (χ0v) is 21.6. The number of carbonyl (C=O) groups excluding carboxylic acids is 5. The summed E-state index contributed by atoms with van der Waals surface area (Å²) in [6.45, 7) is 1.36. The molecule has 1 aliphatic heterocycles. The molecule has 2 atom stereocenters. The number of methoxy groups -OCH3 is 1. The van der Waals surface area contributed by atoms with Crippen molar-refractivity contribution in [2.75, 3.05) is 13.7 Å². The number of hydrogen-bond acceptors (Lipinski definition) is 8. The third-order valence-electron chi connectivity index (χ3n) is 5.82. The molecular formula is C27H30N4O8. The van der Waals surface area contributed by atoms with Gasteiger partial charge in [-0.2, -0.15) is 0 Å². The van der Waals surface area contributed by atoms with Crippen LogP contribution in [0.1, 0.15) is 30.9 Å². The van der Waals surface area contributed by atoms with E-state index in [0.717, 1.165) is 16.0 Å². The molecule has 3 rings (SSSR count). The zero-order chi connectivity index (χ0) is 28.2. The Morgan fingerprint density at radius 3 is 2.08 bits per heavy atom. The number of nitrogens with one attached hydrogen (secondary N) is 2. The maximum absolute atomic E-state index is 12.3. The molecule has 2 aromatic carbocycles. The maximum atomic E-state index is 12.3. The normalized spacial score (nSPS) is 16.5. The largest absolute Gasteiger partial charge is 0.467 e. The van der Waals surface area contributed by atoms with Gasteiger partial charge in [0.15, 0.2) is 0 Å². The number of β-lactam (4-membered cyclic amide) rings is 1. The van der Waals surface area contributed by atoms with Gasteiger partial charge in [-0.1, -0.05) is 60.7 Å². The first kappa shape index (κ1) is 28.8. The van der Waals surface area contributed by atoms with Crippen LogP contribution < -0.4 is 10.6 Å².